The molecule has 0 amide bonds. The minimum atomic E-state index is -0.955. The Bertz CT molecular complexity index is 538. The van der Waals surface area contributed by atoms with Gasteiger partial charge in [-0.2, -0.15) is 0 Å². The number of phenolic OH excluding ortho intramolecular Hbond substituents is 1. The lowest BCUT2D eigenvalue weighted by atomic mass is 10.2. The van der Waals surface area contributed by atoms with E-state index in [0.717, 1.165) is 16.9 Å². The third-order valence-electron chi connectivity index (χ3n) is 2.86. The second-order valence-corrected chi connectivity index (χ2v) is 4.53. The minimum Gasteiger partial charge on any atom is -0.508 e. The summed E-state index contributed by atoms with van der Waals surface area (Å²) in [5.74, 6) is 0.182. The van der Waals surface area contributed by atoms with Crippen LogP contribution in [0.4, 0.5) is 11.4 Å². The lowest BCUT2D eigenvalue weighted by Gasteiger charge is -2.26. The van der Waals surface area contributed by atoms with Crippen molar-refractivity contribution in [2.75, 3.05) is 11.4 Å². The number of aryl methyl sites for hydroxylation is 1. The lowest BCUT2D eigenvalue weighted by Crippen LogP contribution is -2.34. The summed E-state index contributed by atoms with van der Waals surface area (Å²) in [5, 5.41) is 19.0. The molecule has 4 nitrogen and oxygen atoms in total. The molecule has 0 spiro atoms. The van der Waals surface area contributed by atoms with E-state index in [2.05, 4.69) is 0 Å². The predicted molar refractivity (Wildman–Crippen MR) is 76.5 cm³/mol. The van der Waals surface area contributed by atoms with Crippen molar-refractivity contribution < 1.29 is 10.2 Å². The number of hydrogen-bond acceptors (Lipinski definition) is 4. The molecule has 0 radical (unpaired) electrons. The molecule has 19 heavy (non-hydrogen) atoms. The van der Waals surface area contributed by atoms with Crippen molar-refractivity contribution >= 4 is 11.4 Å². The molecule has 2 aromatic carbocycles. The van der Waals surface area contributed by atoms with Crippen molar-refractivity contribution in [3.63, 3.8) is 0 Å². The highest BCUT2D eigenvalue weighted by Gasteiger charge is 2.12. The van der Waals surface area contributed by atoms with Crippen LogP contribution in [0.1, 0.15) is 5.56 Å². The number of phenols is 1. The number of aromatic hydroxyl groups is 1. The number of nitrogens with zero attached hydrogens (tertiary/aromatic N) is 1. The van der Waals surface area contributed by atoms with E-state index in [0.29, 0.717) is 0 Å². The Balaban J connectivity index is 2.38. The Morgan fingerprint density at radius 3 is 2.37 bits per heavy atom. The topological polar surface area (TPSA) is 69.7 Å². The number of nitrogens with two attached hydrogens (primary N) is 1. The van der Waals surface area contributed by atoms with Gasteiger partial charge in [0.05, 0.1) is 6.54 Å². The molecule has 0 bridgehead atoms. The standard InChI is InChI=1S/C15H18N2O2/c1-11-5-7-12(8-6-11)17(10-15(16)19)13-3-2-4-14(18)9-13/h2-9,15,18-19H,10,16H2,1H3. The van der Waals surface area contributed by atoms with Crippen molar-refractivity contribution in [2.24, 2.45) is 5.73 Å². The molecule has 0 saturated heterocycles. The van der Waals surface area contributed by atoms with Crippen LogP contribution in [-0.2, 0) is 0 Å². The third kappa shape index (κ3) is 3.47. The van der Waals surface area contributed by atoms with Crippen LogP contribution in [0.25, 0.3) is 0 Å². The van der Waals surface area contributed by atoms with Crippen molar-refractivity contribution in [3.8, 4) is 5.75 Å². The fourth-order valence-electron chi connectivity index (χ4n) is 1.93. The van der Waals surface area contributed by atoms with Gasteiger partial charge in [-0.1, -0.05) is 23.8 Å². The van der Waals surface area contributed by atoms with Gasteiger partial charge < -0.3 is 20.8 Å². The molecule has 0 aromatic heterocycles. The van der Waals surface area contributed by atoms with Crippen molar-refractivity contribution in [3.05, 3.63) is 54.1 Å². The molecule has 0 aliphatic heterocycles. The second-order valence-electron chi connectivity index (χ2n) is 4.53. The van der Waals surface area contributed by atoms with Gasteiger partial charge in [-0.3, -0.25) is 0 Å². The molecule has 0 fully saturated rings. The summed E-state index contributed by atoms with van der Waals surface area (Å²) in [6.07, 6.45) is -0.955. The Kier molecular flexibility index (Phi) is 4.04. The van der Waals surface area contributed by atoms with E-state index >= 15 is 0 Å². The number of anilines is 2. The summed E-state index contributed by atoms with van der Waals surface area (Å²) in [4.78, 5) is 1.86. The van der Waals surface area contributed by atoms with E-state index in [-0.39, 0.29) is 12.3 Å². The average molecular weight is 258 g/mol. The smallest absolute Gasteiger partial charge is 0.120 e. The summed E-state index contributed by atoms with van der Waals surface area (Å²) in [6, 6.07) is 14.8. The summed E-state index contributed by atoms with van der Waals surface area (Å²) < 4.78 is 0. The van der Waals surface area contributed by atoms with Crippen LogP contribution in [0.2, 0.25) is 0 Å². The fraction of sp³-hybridized carbons (Fsp3) is 0.200. The second kappa shape index (κ2) is 5.73. The Labute approximate surface area is 112 Å². The van der Waals surface area contributed by atoms with E-state index < -0.39 is 6.23 Å². The molecule has 2 aromatic rings. The molecule has 0 aliphatic rings. The van der Waals surface area contributed by atoms with E-state index in [1.165, 1.54) is 0 Å². The number of hydrogen-bond donors (Lipinski definition) is 3. The van der Waals surface area contributed by atoms with Gasteiger partial charge in [0, 0.05) is 17.4 Å². The molecule has 1 atom stereocenters. The molecule has 1 unspecified atom stereocenters. The zero-order valence-electron chi connectivity index (χ0n) is 10.8. The molecular formula is C15H18N2O2. The van der Waals surface area contributed by atoms with Gasteiger partial charge in [0.2, 0.25) is 0 Å². The first-order valence-corrected chi connectivity index (χ1v) is 6.13. The molecule has 100 valence electrons. The fourth-order valence-corrected chi connectivity index (χ4v) is 1.93. The SMILES string of the molecule is Cc1ccc(N(CC(N)O)c2cccc(O)c2)cc1. The molecular weight excluding hydrogens is 240 g/mol. The van der Waals surface area contributed by atoms with E-state index in [4.69, 9.17) is 5.73 Å². The zero-order valence-corrected chi connectivity index (χ0v) is 10.8. The largest absolute Gasteiger partial charge is 0.508 e. The summed E-state index contributed by atoms with van der Waals surface area (Å²) in [5.41, 5.74) is 8.35. The number of rotatable bonds is 4. The highest BCUT2D eigenvalue weighted by Crippen LogP contribution is 2.28. The number of benzene rings is 2. The number of aliphatic hydroxyl groups excluding tert-OH is 1. The molecule has 0 aliphatic carbocycles. The first kappa shape index (κ1) is 13.4. The van der Waals surface area contributed by atoms with Crippen LogP contribution in [0, 0.1) is 6.92 Å². The van der Waals surface area contributed by atoms with E-state index in [1.54, 1.807) is 18.2 Å². The van der Waals surface area contributed by atoms with Gasteiger partial charge in [0.15, 0.2) is 0 Å². The van der Waals surface area contributed by atoms with Crippen molar-refractivity contribution in [1.29, 1.82) is 0 Å². The molecule has 4 heteroatoms. The number of aliphatic hydroxyl groups is 1. The summed E-state index contributed by atoms with van der Waals surface area (Å²) in [6.45, 7) is 2.27. The predicted octanol–water partition coefficient (Wildman–Crippen LogP) is 2.12. The van der Waals surface area contributed by atoms with Crippen LogP contribution >= 0.6 is 0 Å². The van der Waals surface area contributed by atoms with E-state index in [9.17, 15) is 10.2 Å². The first-order chi connectivity index (χ1) is 9.06. The quantitative estimate of drug-likeness (QED) is 0.735. The maximum atomic E-state index is 9.57. The van der Waals surface area contributed by atoms with Gasteiger partial charge in [0.25, 0.3) is 0 Å². The van der Waals surface area contributed by atoms with Crippen LogP contribution < -0.4 is 10.6 Å². The highest BCUT2D eigenvalue weighted by atomic mass is 16.3. The minimum absolute atomic E-state index is 0.182. The van der Waals surface area contributed by atoms with Crippen molar-refractivity contribution in [1.82, 2.24) is 0 Å². The van der Waals surface area contributed by atoms with Crippen LogP contribution in [0.15, 0.2) is 48.5 Å². The monoisotopic (exact) mass is 258 g/mol. The van der Waals surface area contributed by atoms with Gasteiger partial charge in [-0.15, -0.1) is 0 Å². The Morgan fingerprint density at radius 2 is 1.79 bits per heavy atom. The average Bonchev–Trinajstić information content (AvgIpc) is 2.37. The van der Waals surface area contributed by atoms with Crippen LogP contribution in [0.5, 0.6) is 5.75 Å². The van der Waals surface area contributed by atoms with Gasteiger partial charge >= 0.3 is 0 Å². The summed E-state index contributed by atoms with van der Waals surface area (Å²) in [7, 11) is 0. The van der Waals surface area contributed by atoms with Crippen LogP contribution in [-0.4, -0.2) is 23.0 Å². The zero-order chi connectivity index (χ0) is 13.8. The highest BCUT2D eigenvalue weighted by molar-refractivity contribution is 5.64. The molecule has 0 saturated carbocycles. The molecule has 4 N–H and O–H groups in total. The van der Waals surface area contributed by atoms with Gasteiger partial charge in [0.1, 0.15) is 12.0 Å². The maximum Gasteiger partial charge on any atom is 0.120 e. The maximum absolute atomic E-state index is 9.57. The normalized spacial score (nSPS) is 12.2. The van der Waals surface area contributed by atoms with Gasteiger partial charge in [-0.05, 0) is 31.2 Å². The van der Waals surface area contributed by atoms with Crippen molar-refractivity contribution in [2.45, 2.75) is 13.2 Å². The lowest BCUT2D eigenvalue weighted by molar-refractivity contribution is 0.190. The van der Waals surface area contributed by atoms with Gasteiger partial charge in [-0.25, -0.2) is 0 Å². The van der Waals surface area contributed by atoms with E-state index in [1.807, 2.05) is 42.2 Å². The first-order valence-electron chi connectivity index (χ1n) is 6.13. The molecule has 0 heterocycles. The van der Waals surface area contributed by atoms with Crippen LogP contribution in [0.3, 0.4) is 0 Å². The third-order valence-corrected chi connectivity index (χ3v) is 2.86. The molecule has 2 rings (SSSR count). The summed E-state index contributed by atoms with van der Waals surface area (Å²) >= 11 is 0. The Hall–Kier alpha value is -2.04. The Morgan fingerprint density at radius 1 is 1.11 bits per heavy atom.